The van der Waals surface area contributed by atoms with E-state index in [2.05, 4.69) is 5.32 Å². The average Bonchev–Trinajstić information content (AvgIpc) is 2.57. The molecule has 2 rings (SSSR count). The molecule has 4 N–H and O–H groups in total. The molecule has 1 saturated heterocycles. The molecule has 7 nitrogen and oxygen atoms in total. The molecule has 2 unspecified atom stereocenters. The van der Waals surface area contributed by atoms with Gasteiger partial charge in [-0.15, -0.1) is 0 Å². The van der Waals surface area contributed by atoms with Crippen LogP contribution in [-0.4, -0.2) is 58.0 Å². The minimum absolute atomic E-state index is 0.0961. The van der Waals surface area contributed by atoms with Crippen LogP contribution in [-0.2, 0) is 9.53 Å². The summed E-state index contributed by atoms with van der Waals surface area (Å²) in [4.78, 5) is 12.1. The number of halogens is 1. The summed E-state index contributed by atoms with van der Waals surface area (Å²) in [6, 6.07) is 0. The maximum Gasteiger partial charge on any atom is 0.224 e. The molecule has 1 amide bonds. The number of carbonyl (C=O) groups excluding carboxylic acids is 1. The van der Waals surface area contributed by atoms with Crippen LogP contribution in [0.1, 0.15) is 6.42 Å². The Bertz CT molecular complexity index is 361. The molecule has 2 heterocycles. The van der Waals surface area contributed by atoms with Crippen LogP contribution in [0.15, 0.2) is 11.5 Å². The van der Waals surface area contributed by atoms with Crippen LogP contribution in [0.25, 0.3) is 0 Å². The fraction of sp³-hybridized carbons (Fsp3) is 0.667. The van der Waals surface area contributed by atoms with Gasteiger partial charge in [-0.25, -0.2) is 9.29 Å². The topological polar surface area (TPSA) is 102 Å². The Morgan fingerprint density at radius 2 is 2.29 bits per heavy atom. The maximum atomic E-state index is 13.7. The Kier molecular flexibility index (Phi) is 3.18. The molecule has 0 aromatic heterocycles. The number of rotatable bonds is 2. The summed E-state index contributed by atoms with van der Waals surface area (Å²) < 4.78 is 18.7. The lowest BCUT2D eigenvalue weighted by Gasteiger charge is -2.36. The van der Waals surface area contributed by atoms with Gasteiger partial charge >= 0.3 is 0 Å². The molecule has 0 aromatic rings. The minimum atomic E-state index is -1.86. The number of nitrogens with zero attached hydrogens (tertiary/aromatic N) is 1. The molecule has 8 heteroatoms. The molecule has 0 saturated carbocycles. The summed E-state index contributed by atoms with van der Waals surface area (Å²) in [6.45, 7) is -0.525. The quantitative estimate of drug-likeness (QED) is 0.476. The van der Waals surface area contributed by atoms with Crippen molar-refractivity contribution in [2.75, 3.05) is 13.2 Å². The largest absolute Gasteiger partial charge is 0.506 e. The first kappa shape index (κ1) is 12.1. The highest BCUT2D eigenvalue weighted by Crippen LogP contribution is 2.29. The molecule has 1 fully saturated rings. The van der Waals surface area contributed by atoms with Crippen molar-refractivity contribution in [1.82, 2.24) is 10.2 Å². The highest BCUT2D eigenvalue weighted by molar-refractivity contribution is 5.76. The van der Waals surface area contributed by atoms with Crippen molar-refractivity contribution >= 4 is 5.91 Å². The van der Waals surface area contributed by atoms with Gasteiger partial charge in [-0.2, -0.15) is 0 Å². The van der Waals surface area contributed by atoms with E-state index in [1.807, 2.05) is 0 Å². The lowest BCUT2D eigenvalue weighted by Crippen LogP contribution is -2.59. The average molecular weight is 248 g/mol. The van der Waals surface area contributed by atoms with Gasteiger partial charge in [0, 0.05) is 13.0 Å². The Balaban J connectivity index is 2.08. The molecule has 17 heavy (non-hydrogen) atoms. The second kappa shape index (κ2) is 4.47. The molecular formula is C9H13FN2O5. The van der Waals surface area contributed by atoms with Gasteiger partial charge < -0.3 is 25.4 Å². The van der Waals surface area contributed by atoms with Gasteiger partial charge in [0.2, 0.25) is 12.1 Å². The van der Waals surface area contributed by atoms with E-state index >= 15 is 0 Å². The number of ether oxygens (including phenoxy) is 1. The van der Waals surface area contributed by atoms with Crippen molar-refractivity contribution in [1.29, 1.82) is 0 Å². The van der Waals surface area contributed by atoms with Gasteiger partial charge in [-0.05, 0) is 0 Å². The zero-order valence-electron chi connectivity index (χ0n) is 8.84. The van der Waals surface area contributed by atoms with Crippen LogP contribution in [0, 0.1) is 0 Å². The van der Waals surface area contributed by atoms with Crippen LogP contribution >= 0.6 is 0 Å². The van der Waals surface area contributed by atoms with Crippen LogP contribution in [0.2, 0.25) is 0 Å². The monoisotopic (exact) mass is 248 g/mol. The number of aliphatic hydroxyl groups excluding tert-OH is 3. The summed E-state index contributed by atoms with van der Waals surface area (Å²) in [7, 11) is 0. The number of amides is 1. The van der Waals surface area contributed by atoms with Crippen LogP contribution in [0.4, 0.5) is 4.39 Å². The molecule has 2 aliphatic rings. The van der Waals surface area contributed by atoms with E-state index < -0.39 is 31.1 Å². The highest BCUT2D eigenvalue weighted by atomic mass is 19.1. The van der Waals surface area contributed by atoms with Crippen LogP contribution in [0.5, 0.6) is 0 Å². The number of carbonyl (C=O) groups is 1. The van der Waals surface area contributed by atoms with Gasteiger partial charge in [-0.1, -0.05) is 0 Å². The van der Waals surface area contributed by atoms with Crippen molar-refractivity contribution in [2.45, 2.75) is 25.2 Å². The van der Waals surface area contributed by atoms with E-state index in [1.165, 1.54) is 0 Å². The first-order valence-corrected chi connectivity index (χ1v) is 5.11. The third kappa shape index (κ3) is 2.06. The normalized spacial score (nSPS) is 34.8. The molecule has 0 aliphatic carbocycles. The number of nitrogens with one attached hydrogen (secondary N) is 1. The molecule has 96 valence electrons. The van der Waals surface area contributed by atoms with Gasteiger partial charge in [-0.3, -0.25) is 4.79 Å². The minimum Gasteiger partial charge on any atom is -0.506 e. The van der Waals surface area contributed by atoms with Gasteiger partial charge in [0.15, 0.2) is 24.1 Å². The predicted molar refractivity (Wildman–Crippen MR) is 52.0 cm³/mol. The van der Waals surface area contributed by atoms with Gasteiger partial charge in [0.1, 0.15) is 6.61 Å². The Morgan fingerprint density at radius 3 is 2.82 bits per heavy atom. The molecular weight excluding hydrogens is 235 g/mol. The second-order valence-corrected chi connectivity index (χ2v) is 3.81. The van der Waals surface area contributed by atoms with E-state index in [9.17, 15) is 19.4 Å². The molecule has 0 radical (unpaired) electrons. The highest BCUT2D eigenvalue weighted by Gasteiger charge is 2.44. The summed E-state index contributed by atoms with van der Waals surface area (Å²) >= 11 is 0. The summed E-state index contributed by atoms with van der Waals surface area (Å²) in [5.41, 5.74) is 0. The van der Waals surface area contributed by atoms with Crippen molar-refractivity contribution in [3.63, 3.8) is 0 Å². The van der Waals surface area contributed by atoms with E-state index in [0.29, 0.717) is 0 Å². The SMILES string of the molecule is O=C1CCN([C@@H]2OC(CO)=C(O)C2F)C(O)N1. The predicted octanol–water partition coefficient (Wildman–Crippen LogP) is -1.46. The zero-order valence-corrected chi connectivity index (χ0v) is 8.84. The second-order valence-electron chi connectivity index (χ2n) is 3.81. The standard InChI is InChI=1S/C9H13FN2O5/c10-6-7(15)4(3-13)17-8(6)12-2-1-5(14)11-9(12)16/h6,8-9,13,15-16H,1-3H2,(H,11,14)/t6?,8-,9?/m1/s1. The maximum absolute atomic E-state index is 13.7. The van der Waals surface area contributed by atoms with E-state index in [1.54, 1.807) is 0 Å². The van der Waals surface area contributed by atoms with E-state index in [0.717, 1.165) is 4.90 Å². The third-order valence-electron chi connectivity index (χ3n) is 2.73. The van der Waals surface area contributed by atoms with E-state index in [4.69, 9.17) is 9.84 Å². The lowest BCUT2D eigenvalue weighted by molar-refractivity contribution is -0.164. The molecule has 0 aromatic carbocycles. The number of hydrogen-bond donors (Lipinski definition) is 4. The third-order valence-corrected chi connectivity index (χ3v) is 2.73. The molecule has 0 spiro atoms. The number of hydrogen-bond acceptors (Lipinski definition) is 6. The zero-order chi connectivity index (χ0) is 12.6. The summed E-state index contributed by atoms with van der Waals surface area (Å²) in [5.74, 6) is -1.28. The fourth-order valence-electron chi connectivity index (χ4n) is 1.83. The van der Waals surface area contributed by atoms with E-state index in [-0.39, 0.29) is 24.6 Å². The molecule has 0 bridgehead atoms. The smallest absolute Gasteiger partial charge is 0.224 e. The Labute approximate surface area is 96.1 Å². The van der Waals surface area contributed by atoms with Crippen molar-refractivity contribution in [3.8, 4) is 0 Å². The summed E-state index contributed by atoms with van der Waals surface area (Å²) in [5, 5.41) is 29.9. The Morgan fingerprint density at radius 1 is 1.59 bits per heavy atom. The van der Waals surface area contributed by atoms with Crippen molar-refractivity contribution < 1.29 is 29.2 Å². The number of alkyl halides is 1. The number of aliphatic hydroxyl groups is 3. The molecule has 2 aliphatic heterocycles. The van der Waals surface area contributed by atoms with Gasteiger partial charge in [0.05, 0.1) is 0 Å². The lowest BCUT2D eigenvalue weighted by atomic mass is 10.2. The van der Waals surface area contributed by atoms with Crippen molar-refractivity contribution in [2.24, 2.45) is 0 Å². The van der Waals surface area contributed by atoms with Crippen LogP contribution in [0.3, 0.4) is 0 Å². The first-order chi connectivity index (χ1) is 8.04. The molecule has 3 atom stereocenters. The Hall–Kier alpha value is -1.38. The van der Waals surface area contributed by atoms with Crippen molar-refractivity contribution in [3.05, 3.63) is 11.5 Å². The van der Waals surface area contributed by atoms with Crippen LogP contribution < -0.4 is 5.32 Å². The summed E-state index contributed by atoms with van der Waals surface area (Å²) in [6.07, 6.45) is -4.38. The first-order valence-electron chi connectivity index (χ1n) is 5.11. The fourth-order valence-corrected chi connectivity index (χ4v) is 1.83. The van der Waals surface area contributed by atoms with Gasteiger partial charge in [0.25, 0.3) is 0 Å².